The van der Waals surface area contributed by atoms with Crippen molar-refractivity contribution in [3.05, 3.63) is 77.7 Å². The van der Waals surface area contributed by atoms with E-state index in [0.29, 0.717) is 6.54 Å². The molecule has 5 heteroatoms. The number of aromatic amines is 1. The van der Waals surface area contributed by atoms with Crippen LogP contribution in [0.2, 0.25) is 0 Å². The molecule has 0 spiro atoms. The molecule has 1 heterocycles. The van der Waals surface area contributed by atoms with Crippen molar-refractivity contribution in [1.82, 2.24) is 20.4 Å². The van der Waals surface area contributed by atoms with Gasteiger partial charge in [-0.1, -0.05) is 30.3 Å². The molecule has 1 atom stereocenters. The zero-order chi connectivity index (χ0) is 17.6. The van der Waals surface area contributed by atoms with Gasteiger partial charge in [0.25, 0.3) is 0 Å². The molecule has 0 radical (unpaired) electrons. The molecule has 3 rings (SSSR count). The lowest BCUT2D eigenvalue weighted by Gasteiger charge is -2.23. The molecule has 130 valence electrons. The predicted molar refractivity (Wildman–Crippen MR) is 98.6 cm³/mol. The number of nitrogens with one attached hydrogen (secondary N) is 2. The van der Waals surface area contributed by atoms with Crippen LogP contribution in [0.15, 0.2) is 60.8 Å². The standard InChI is InChI=1S/C20H23FN4/c1-25(2)14-19(15-6-4-3-5-7-15)22-12-17-13-23-24-20(17)16-8-10-18(21)11-9-16/h3-11,13,19,22H,12,14H2,1-2H3,(H,23,24)/t19-/m1/s1. The van der Waals surface area contributed by atoms with E-state index in [9.17, 15) is 4.39 Å². The predicted octanol–water partition coefficient (Wildman–Crippen LogP) is 3.61. The van der Waals surface area contributed by atoms with Crippen LogP contribution in [0.3, 0.4) is 0 Å². The number of hydrogen-bond acceptors (Lipinski definition) is 3. The Balaban J connectivity index is 1.75. The largest absolute Gasteiger partial charge is 0.308 e. The first-order chi connectivity index (χ1) is 12.1. The molecule has 0 amide bonds. The minimum absolute atomic E-state index is 0.215. The van der Waals surface area contributed by atoms with Gasteiger partial charge in [0.05, 0.1) is 11.9 Å². The van der Waals surface area contributed by atoms with Crippen LogP contribution in [0, 0.1) is 5.82 Å². The van der Waals surface area contributed by atoms with Gasteiger partial charge in [0.15, 0.2) is 0 Å². The van der Waals surface area contributed by atoms with E-state index in [-0.39, 0.29) is 11.9 Å². The number of halogens is 1. The van der Waals surface area contributed by atoms with Gasteiger partial charge in [0.2, 0.25) is 0 Å². The van der Waals surface area contributed by atoms with Gasteiger partial charge >= 0.3 is 0 Å². The molecule has 0 saturated carbocycles. The maximum Gasteiger partial charge on any atom is 0.123 e. The van der Waals surface area contributed by atoms with Gasteiger partial charge in [-0.15, -0.1) is 0 Å². The Morgan fingerprint density at radius 3 is 2.48 bits per heavy atom. The highest BCUT2D eigenvalue weighted by molar-refractivity contribution is 5.62. The van der Waals surface area contributed by atoms with E-state index >= 15 is 0 Å². The third-order valence-corrected chi connectivity index (χ3v) is 4.14. The summed E-state index contributed by atoms with van der Waals surface area (Å²) in [5.74, 6) is -0.238. The van der Waals surface area contributed by atoms with E-state index in [1.54, 1.807) is 12.1 Å². The van der Waals surface area contributed by atoms with Gasteiger partial charge in [0, 0.05) is 30.3 Å². The Bertz CT molecular complexity index is 781. The minimum atomic E-state index is -0.238. The van der Waals surface area contributed by atoms with Crippen molar-refractivity contribution in [2.45, 2.75) is 12.6 Å². The first-order valence-electron chi connectivity index (χ1n) is 8.34. The molecule has 0 unspecified atom stereocenters. The van der Waals surface area contributed by atoms with Gasteiger partial charge in [-0.2, -0.15) is 5.10 Å². The van der Waals surface area contributed by atoms with Crippen LogP contribution in [0.5, 0.6) is 0 Å². The molecular weight excluding hydrogens is 315 g/mol. The van der Waals surface area contributed by atoms with Gasteiger partial charge in [-0.05, 0) is 43.9 Å². The molecular formula is C20H23FN4. The Morgan fingerprint density at radius 1 is 1.08 bits per heavy atom. The fraction of sp³-hybridized carbons (Fsp3) is 0.250. The summed E-state index contributed by atoms with van der Waals surface area (Å²) in [5, 5.41) is 10.8. The quantitative estimate of drug-likeness (QED) is 0.692. The maximum atomic E-state index is 13.1. The second-order valence-electron chi connectivity index (χ2n) is 6.38. The zero-order valence-corrected chi connectivity index (χ0v) is 14.5. The molecule has 3 aromatic rings. The highest BCUT2D eigenvalue weighted by Gasteiger charge is 2.14. The SMILES string of the molecule is CN(C)C[C@@H](NCc1cn[nH]c1-c1ccc(F)cc1)c1ccccc1. The number of likely N-dealkylation sites (N-methyl/N-ethyl adjacent to an activating group) is 1. The number of benzene rings is 2. The second-order valence-corrected chi connectivity index (χ2v) is 6.38. The topological polar surface area (TPSA) is 44.0 Å². The average molecular weight is 338 g/mol. The smallest absolute Gasteiger partial charge is 0.123 e. The van der Waals surface area contributed by atoms with Crippen LogP contribution < -0.4 is 5.32 Å². The third kappa shape index (κ3) is 4.53. The van der Waals surface area contributed by atoms with E-state index in [1.807, 2.05) is 12.3 Å². The number of hydrogen-bond donors (Lipinski definition) is 2. The van der Waals surface area contributed by atoms with Crippen LogP contribution in [0.25, 0.3) is 11.3 Å². The minimum Gasteiger partial charge on any atom is -0.308 e. The average Bonchev–Trinajstić information content (AvgIpc) is 3.08. The van der Waals surface area contributed by atoms with E-state index in [1.165, 1.54) is 17.7 Å². The summed E-state index contributed by atoms with van der Waals surface area (Å²) in [4.78, 5) is 2.17. The lowest BCUT2D eigenvalue weighted by Crippen LogP contribution is -2.30. The van der Waals surface area contributed by atoms with Crippen molar-refractivity contribution in [3.8, 4) is 11.3 Å². The van der Waals surface area contributed by atoms with Gasteiger partial charge < -0.3 is 10.2 Å². The van der Waals surface area contributed by atoms with Crippen molar-refractivity contribution in [1.29, 1.82) is 0 Å². The lowest BCUT2D eigenvalue weighted by atomic mass is 10.0. The summed E-state index contributed by atoms with van der Waals surface area (Å²) < 4.78 is 13.1. The molecule has 0 aliphatic heterocycles. The van der Waals surface area contributed by atoms with E-state index in [2.05, 4.69) is 58.8 Å². The molecule has 0 saturated heterocycles. The fourth-order valence-corrected chi connectivity index (χ4v) is 2.88. The normalized spacial score (nSPS) is 12.5. The van der Waals surface area contributed by atoms with Gasteiger partial charge in [-0.3, -0.25) is 5.10 Å². The summed E-state index contributed by atoms with van der Waals surface area (Å²) >= 11 is 0. The van der Waals surface area contributed by atoms with Crippen molar-refractivity contribution in [2.75, 3.05) is 20.6 Å². The third-order valence-electron chi connectivity index (χ3n) is 4.14. The Kier molecular flexibility index (Phi) is 5.58. The summed E-state index contributed by atoms with van der Waals surface area (Å²) in [6.45, 7) is 1.57. The van der Waals surface area contributed by atoms with Crippen molar-refractivity contribution >= 4 is 0 Å². The van der Waals surface area contributed by atoms with Crippen LogP contribution in [-0.2, 0) is 6.54 Å². The van der Waals surface area contributed by atoms with E-state index in [4.69, 9.17) is 0 Å². The lowest BCUT2D eigenvalue weighted by molar-refractivity contribution is 0.340. The Morgan fingerprint density at radius 2 is 1.80 bits per heavy atom. The number of rotatable bonds is 7. The highest BCUT2D eigenvalue weighted by Crippen LogP contribution is 2.22. The highest BCUT2D eigenvalue weighted by atomic mass is 19.1. The first-order valence-corrected chi connectivity index (χ1v) is 8.34. The Labute approximate surface area is 147 Å². The maximum absolute atomic E-state index is 13.1. The first kappa shape index (κ1) is 17.3. The molecule has 0 bridgehead atoms. The fourth-order valence-electron chi connectivity index (χ4n) is 2.88. The summed E-state index contributed by atoms with van der Waals surface area (Å²) in [5.41, 5.74) is 4.16. The summed E-state index contributed by atoms with van der Waals surface area (Å²) in [7, 11) is 4.14. The van der Waals surface area contributed by atoms with E-state index < -0.39 is 0 Å². The van der Waals surface area contributed by atoms with Crippen LogP contribution in [0.4, 0.5) is 4.39 Å². The van der Waals surface area contributed by atoms with Crippen molar-refractivity contribution in [2.24, 2.45) is 0 Å². The summed E-state index contributed by atoms with van der Waals surface area (Å²) in [6, 6.07) is 17.1. The molecule has 1 aromatic heterocycles. The number of nitrogens with zero attached hydrogens (tertiary/aromatic N) is 2. The van der Waals surface area contributed by atoms with Crippen molar-refractivity contribution < 1.29 is 4.39 Å². The van der Waals surface area contributed by atoms with Gasteiger partial charge in [0.1, 0.15) is 5.82 Å². The van der Waals surface area contributed by atoms with Crippen molar-refractivity contribution in [3.63, 3.8) is 0 Å². The van der Waals surface area contributed by atoms with Crippen LogP contribution in [0.1, 0.15) is 17.2 Å². The number of aromatic nitrogens is 2. The monoisotopic (exact) mass is 338 g/mol. The van der Waals surface area contributed by atoms with E-state index in [0.717, 1.165) is 23.4 Å². The van der Waals surface area contributed by atoms with Gasteiger partial charge in [-0.25, -0.2) is 4.39 Å². The molecule has 0 aliphatic rings. The Hall–Kier alpha value is -2.50. The zero-order valence-electron chi connectivity index (χ0n) is 14.5. The number of H-pyrrole nitrogens is 1. The molecule has 2 aromatic carbocycles. The van der Waals surface area contributed by atoms with Crippen LogP contribution in [-0.4, -0.2) is 35.7 Å². The second kappa shape index (κ2) is 8.05. The molecule has 2 N–H and O–H groups in total. The van der Waals surface area contributed by atoms with Crippen LogP contribution >= 0.6 is 0 Å². The molecule has 0 fully saturated rings. The molecule has 4 nitrogen and oxygen atoms in total. The summed E-state index contributed by atoms with van der Waals surface area (Å²) in [6.07, 6.45) is 1.82. The molecule has 0 aliphatic carbocycles. The molecule has 25 heavy (non-hydrogen) atoms.